The number of amides is 2. The first kappa shape index (κ1) is 13.6. The first-order chi connectivity index (χ1) is 10.2. The van der Waals surface area contributed by atoms with Gasteiger partial charge >= 0.3 is 0 Å². The van der Waals surface area contributed by atoms with Crippen molar-refractivity contribution in [2.45, 2.75) is 26.2 Å². The van der Waals surface area contributed by atoms with Crippen molar-refractivity contribution in [1.29, 1.82) is 0 Å². The molecule has 0 saturated heterocycles. The molecule has 0 unspecified atom stereocenters. The summed E-state index contributed by atoms with van der Waals surface area (Å²) in [6, 6.07) is 14.7. The van der Waals surface area contributed by atoms with Crippen molar-refractivity contribution < 1.29 is 9.59 Å². The molecule has 0 atom stereocenters. The zero-order chi connectivity index (χ0) is 14.8. The van der Waals surface area contributed by atoms with Gasteiger partial charge in [0.1, 0.15) is 0 Å². The van der Waals surface area contributed by atoms with Crippen LogP contribution in [0.1, 0.15) is 46.0 Å². The maximum atomic E-state index is 12.4. The Balaban J connectivity index is 1.88. The van der Waals surface area contributed by atoms with E-state index in [9.17, 15) is 9.59 Å². The number of unbranched alkanes of at least 4 members (excludes halogenated alkanes) is 1. The second-order valence-corrected chi connectivity index (χ2v) is 5.26. The predicted octanol–water partition coefficient (Wildman–Crippen LogP) is 3.83. The van der Waals surface area contributed by atoms with Crippen LogP contribution in [0.3, 0.4) is 0 Å². The Labute approximate surface area is 124 Å². The van der Waals surface area contributed by atoms with Crippen LogP contribution >= 0.6 is 0 Å². The average Bonchev–Trinajstić information content (AvgIpc) is 2.78. The van der Waals surface area contributed by atoms with Crippen molar-refractivity contribution in [3.63, 3.8) is 0 Å². The average molecular weight is 279 g/mol. The van der Waals surface area contributed by atoms with Crippen molar-refractivity contribution in [1.82, 2.24) is 0 Å². The van der Waals surface area contributed by atoms with E-state index in [0.29, 0.717) is 16.8 Å². The summed E-state index contributed by atoms with van der Waals surface area (Å²) >= 11 is 0. The first-order valence-electron chi connectivity index (χ1n) is 7.29. The number of carbonyl (C=O) groups excluding carboxylic acids is 2. The van der Waals surface area contributed by atoms with Crippen molar-refractivity contribution in [2.24, 2.45) is 0 Å². The van der Waals surface area contributed by atoms with E-state index >= 15 is 0 Å². The van der Waals surface area contributed by atoms with Crippen LogP contribution in [-0.2, 0) is 6.42 Å². The summed E-state index contributed by atoms with van der Waals surface area (Å²) in [4.78, 5) is 26.0. The summed E-state index contributed by atoms with van der Waals surface area (Å²) in [7, 11) is 0. The molecule has 21 heavy (non-hydrogen) atoms. The monoisotopic (exact) mass is 279 g/mol. The molecule has 3 rings (SSSR count). The molecule has 3 nitrogen and oxygen atoms in total. The fourth-order valence-corrected chi connectivity index (χ4v) is 2.62. The third-order valence-corrected chi connectivity index (χ3v) is 3.81. The number of nitrogens with zero attached hydrogens (tertiary/aromatic N) is 1. The van der Waals surface area contributed by atoms with Gasteiger partial charge in [-0.05, 0) is 42.7 Å². The lowest BCUT2D eigenvalue weighted by atomic mass is 10.1. The van der Waals surface area contributed by atoms with E-state index in [1.807, 2.05) is 24.3 Å². The Bertz CT molecular complexity index is 654. The van der Waals surface area contributed by atoms with E-state index < -0.39 is 0 Å². The molecule has 106 valence electrons. The van der Waals surface area contributed by atoms with E-state index in [1.165, 1.54) is 10.5 Å². The summed E-state index contributed by atoms with van der Waals surface area (Å²) in [6.45, 7) is 2.16. The second-order valence-electron chi connectivity index (χ2n) is 5.26. The zero-order valence-electron chi connectivity index (χ0n) is 12.0. The number of rotatable bonds is 4. The fourth-order valence-electron chi connectivity index (χ4n) is 2.62. The number of aryl methyl sites for hydroxylation is 1. The molecule has 0 N–H and O–H groups in total. The maximum Gasteiger partial charge on any atom is 0.266 e. The normalized spacial score (nSPS) is 13.7. The molecular weight excluding hydrogens is 262 g/mol. The van der Waals surface area contributed by atoms with Crippen molar-refractivity contribution >= 4 is 17.5 Å². The van der Waals surface area contributed by atoms with E-state index in [-0.39, 0.29) is 11.8 Å². The highest BCUT2D eigenvalue weighted by molar-refractivity contribution is 6.34. The van der Waals surface area contributed by atoms with Gasteiger partial charge in [-0.15, -0.1) is 0 Å². The van der Waals surface area contributed by atoms with Gasteiger partial charge in [-0.25, -0.2) is 4.90 Å². The number of benzene rings is 2. The molecule has 0 radical (unpaired) electrons. The summed E-state index contributed by atoms with van der Waals surface area (Å²) < 4.78 is 0. The quantitative estimate of drug-likeness (QED) is 0.798. The van der Waals surface area contributed by atoms with Crippen LogP contribution in [-0.4, -0.2) is 11.8 Å². The molecule has 0 aliphatic carbocycles. The molecule has 0 fully saturated rings. The minimum atomic E-state index is -0.239. The number of anilines is 1. The SMILES string of the molecule is CCCCc1ccc(N2C(=O)c3ccccc3C2=O)cc1. The molecule has 0 saturated carbocycles. The van der Waals surface area contributed by atoms with E-state index in [4.69, 9.17) is 0 Å². The lowest BCUT2D eigenvalue weighted by molar-refractivity contribution is 0.0926. The topological polar surface area (TPSA) is 37.4 Å². The van der Waals surface area contributed by atoms with Gasteiger partial charge in [0.15, 0.2) is 0 Å². The molecule has 0 aromatic heterocycles. The van der Waals surface area contributed by atoms with Crippen molar-refractivity contribution in [3.05, 3.63) is 65.2 Å². The lowest BCUT2D eigenvalue weighted by Gasteiger charge is -2.14. The molecule has 2 amide bonds. The molecule has 2 aromatic rings. The fraction of sp³-hybridized carbons (Fsp3) is 0.222. The highest BCUT2D eigenvalue weighted by atomic mass is 16.2. The Morgan fingerprint density at radius 2 is 1.43 bits per heavy atom. The van der Waals surface area contributed by atoms with Gasteiger partial charge in [0.25, 0.3) is 11.8 Å². The van der Waals surface area contributed by atoms with Crippen LogP contribution in [0, 0.1) is 0 Å². The molecule has 1 aliphatic rings. The van der Waals surface area contributed by atoms with Gasteiger partial charge in [0.05, 0.1) is 16.8 Å². The Kier molecular flexibility index (Phi) is 3.57. The van der Waals surface area contributed by atoms with Gasteiger partial charge in [-0.2, -0.15) is 0 Å². The molecule has 3 heteroatoms. The molecule has 1 heterocycles. The highest BCUT2D eigenvalue weighted by Crippen LogP contribution is 2.28. The standard InChI is InChI=1S/C18H17NO2/c1-2-3-6-13-9-11-14(12-10-13)19-17(20)15-7-4-5-8-16(15)18(19)21/h4-5,7-12H,2-3,6H2,1H3. The number of imide groups is 1. The van der Waals surface area contributed by atoms with Crippen molar-refractivity contribution in [3.8, 4) is 0 Å². The van der Waals surface area contributed by atoms with Crippen LogP contribution in [0.4, 0.5) is 5.69 Å². The van der Waals surface area contributed by atoms with Gasteiger partial charge in [-0.3, -0.25) is 9.59 Å². The van der Waals surface area contributed by atoms with Gasteiger partial charge in [0.2, 0.25) is 0 Å². The first-order valence-corrected chi connectivity index (χ1v) is 7.29. The molecule has 0 bridgehead atoms. The molecule has 2 aromatic carbocycles. The summed E-state index contributed by atoms with van der Waals surface area (Å²) in [5.41, 5.74) is 2.84. The van der Waals surface area contributed by atoms with Crippen LogP contribution in [0.2, 0.25) is 0 Å². The van der Waals surface area contributed by atoms with Crippen LogP contribution in [0.5, 0.6) is 0 Å². The van der Waals surface area contributed by atoms with Gasteiger partial charge in [-0.1, -0.05) is 37.6 Å². The smallest absolute Gasteiger partial charge is 0.266 e. The molecular formula is C18H17NO2. The summed E-state index contributed by atoms with van der Waals surface area (Å²) in [5, 5.41) is 0. The van der Waals surface area contributed by atoms with E-state index in [1.54, 1.807) is 24.3 Å². The van der Waals surface area contributed by atoms with Gasteiger partial charge < -0.3 is 0 Å². The Morgan fingerprint density at radius 1 is 0.857 bits per heavy atom. The predicted molar refractivity (Wildman–Crippen MR) is 82.6 cm³/mol. The number of hydrogen-bond acceptors (Lipinski definition) is 2. The molecule has 1 aliphatic heterocycles. The largest absolute Gasteiger partial charge is 0.268 e. The zero-order valence-corrected chi connectivity index (χ0v) is 12.0. The van der Waals surface area contributed by atoms with Crippen LogP contribution in [0.25, 0.3) is 0 Å². The third-order valence-electron chi connectivity index (χ3n) is 3.81. The Hall–Kier alpha value is -2.42. The molecule has 0 spiro atoms. The lowest BCUT2D eigenvalue weighted by Crippen LogP contribution is -2.29. The summed E-state index contributed by atoms with van der Waals surface area (Å²) in [6.07, 6.45) is 3.32. The van der Waals surface area contributed by atoms with E-state index in [2.05, 4.69) is 6.92 Å². The van der Waals surface area contributed by atoms with Crippen molar-refractivity contribution in [2.75, 3.05) is 4.90 Å². The number of hydrogen-bond donors (Lipinski definition) is 0. The Morgan fingerprint density at radius 3 is 1.95 bits per heavy atom. The maximum absolute atomic E-state index is 12.4. The number of fused-ring (bicyclic) bond motifs is 1. The third kappa shape index (κ3) is 2.35. The van der Waals surface area contributed by atoms with Crippen LogP contribution < -0.4 is 4.90 Å². The minimum Gasteiger partial charge on any atom is -0.268 e. The second kappa shape index (κ2) is 5.52. The summed E-state index contributed by atoms with van der Waals surface area (Å²) in [5.74, 6) is -0.478. The van der Waals surface area contributed by atoms with E-state index in [0.717, 1.165) is 19.3 Å². The number of carbonyl (C=O) groups is 2. The highest BCUT2D eigenvalue weighted by Gasteiger charge is 2.36. The van der Waals surface area contributed by atoms with Gasteiger partial charge in [0, 0.05) is 0 Å². The van der Waals surface area contributed by atoms with Crippen LogP contribution in [0.15, 0.2) is 48.5 Å². The minimum absolute atomic E-state index is 0.239.